The molecular formula is C15H21NO. The second-order valence-electron chi connectivity index (χ2n) is 4.89. The predicted molar refractivity (Wildman–Crippen MR) is 70.4 cm³/mol. The van der Waals surface area contributed by atoms with Crippen LogP contribution in [0.2, 0.25) is 0 Å². The quantitative estimate of drug-likeness (QED) is 0.726. The summed E-state index contributed by atoms with van der Waals surface area (Å²) in [6, 6.07) is 7.87. The van der Waals surface area contributed by atoms with Gasteiger partial charge in [-0.25, -0.2) is 0 Å². The molecule has 0 atom stereocenters. The Balaban J connectivity index is 1.79. The van der Waals surface area contributed by atoms with E-state index < -0.39 is 0 Å². The number of Topliss-reactive ketones (excluding diaryl/α,β-unsaturated/α-hetero) is 1. The van der Waals surface area contributed by atoms with Crippen molar-refractivity contribution in [2.45, 2.75) is 32.6 Å². The number of hydrogen-bond acceptors (Lipinski definition) is 2. The highest BCUT2D eigenvalue weighted by atomic mass is 16.1. The van der Waals surface area contributed by atoms with E-state index in [1.165, 1.54) is 25.9 Å². The van der Waals surface area contributed by atoms with E-state index in [1.807, 2.05) is 31.2 Å². The predicted octanol–water partition coefficient (Wildman–Crippen LogP) is 3.05. The molecule has 0 bridgehead atoms. The van der Waals surface area contributed by atoms with Crippen molar-refractivity contribution in [2.75, 3.05) is 19.6 Å². The van der Waals surface area contributed by atoms with Gasteiger partial charge in [-0.15, -0.1) is 0 Å². The highest BCUT2D eigenvalue weighted by molar-refractivity contribution is 5.97. The summed E-state index contributed by atoms with van der Waals surface area (Å²) in [5, 5.41) is 0. The minimum atomic E-state index is 0.294. The fourth-order valence-corrected chi connectivity index (χ4v) is 2.49. The Morgan fingerprint density at radius 1 is 1.24 bits per heavy atom. The van der Waals surface area contributed by atoms with Crippen molar-refractivity contribution >= 4 is 5.78 Å². The van der Waals surface area contributed by atoms with Gasteiger partial charge in [-0.2, -0.15) is 0 Å². The van der Waals surface area contributed by atoms with E-state index in [9.17, 15) is 4.79 Å². The van der Waals surface area contributed by atoms with Gasteiger partial charge in [0.05, 0.1) is 0 Å². The van der Waals surface area contributed by atoms with Gasteiger partial charge in [0, 0.05) is 12.0 Å². The van der Waals surface area contributed by atoms with Crippen LogP contribution in [0.25, 0.3) is 0 Å². The number of ketones is 1. The van der Waals surface area contributed by atoms with Crippen LogP contribution in [0.4, 0.5) is 0 Å². The van der Waals surface area contributed by atoms with E-state index in [1.54, 1.807) is 0 Å². The zero-order chi connectivity index (χ0) is 12.1. The molecule has 92 valence electrons. The third kappa shape index (κ3) is 3.40. The van der Waals surface area contributed by atoms with E-state index >= 15 is 0 Å². The van der Waals surface area contributed by atoms with Gasteiger partial charge in [-0.05, 0) is 51.4 Å². The molecule has 0 aromatic heterocycles. The summed E-state index contributed by atoms with van der Waals surface area (Å²) >= 11 is 0. The molecule has 0 saturated carbocycles. The number of aryl methyl sites for hydroxylation is 1. The smallest absolute Gasteiger partial charge is 0.163 e. The van der Waals surface area contributed by atoms with Crippen LogP contribution in [0.1, 0.15) is 41.6 Å². The number of rotatable bonds is 5. The van der Waals surface area contributed by atoms with Gasteiger partial charge in [0.2, 0.25) is 0 Å². The normalized spacial score (nSPS) is 16.3. The molecule has 1 aromatic rings. The molecule has 0 amide bonds. The number of nitrogens with zero attached hydrogens (tertiary/aromatic N) is 1. The van der Waals surface area contributed by atoms with Gasteiger partial charge in [0.15, 0.2) is 5.78 Å². The highest BCUT2D eigenvalue weighted by Gasteiger charge is 2.12. The second-order valence-corrected chi connectivity index (χ2v) is 4.89. The highest BCUT2D eigenvalue weighted by Crippen LogP contribution is 2.13. The van der Waals surface area contributed by atoms with Gasteiger partial charge in [-0.1, -0.05) is 24.3 Å². The van der Waals surface area contributed by atoms with E-state index in [-0.39, 0.29) is 0 Å². The largest absolute Gasteiger partial charge is 0.303 e. The molecule has 0 aliphatic carbocycles. The molecule has 2 heteroatoms. The number of hydrogen-bond donors (Lipinski definition) is 0. The Morgan fingerprint density at radius 2 is 1.94 bits per heavy atom. The zero-order valence-electron chi connectivity index (χ0n) is 10.6. The van der Waals surface area contributed by atoms with Crippen LogP contribution in [-0.2, 0) is 0 Å². The van der Waals surface area contributed by atoms with Gasteiger partial charge >= 0.3 is 0 Å². The summed E-state index contributed by atoms with van der Waals surface area (Å²) in [6.45, 7) is 5.53. The van der Waals surface area contributed by atoms with Crippen LogP contribution in [0, 0.1) is 6.92 Å². The molecule has 1 saturated heterocycles. The topological polar surface area (TPSA) is 20.3 Å². The molecule has 0 spiro atoms. The molecule has 2 nitrogen and oxygen atoms in total. The first-order valence-electron chi connectivity index (χ1n) is 6.58. The summed E-state index contributed by atoms with van der Waals surface area (Å²) < 4.78 is 0. The summed E-state index contributed by atoms with van der Waals surface area (Å²) in [6.07, 6.45) is 4.33. The lowest BCUT2D eigenvalue weighted by Gasteiger charge is -2.13. The Morgan fingerprint density at radius 3 is 2.65 bits per heavy atom. The Labute approximate surface area is 104 Å². The monoisotopic (exact) mass is 231 g/mol. The first-order chi connectivity index (χ1) is 8.27. The molecule has 0 N–H and O–H groups in total. The first-order valence-corrected chi connectivity index (χ1v) is 6.58. The lowest BCUT2D eigenvalue weighted by molar-refractivity contribution is 0.0975. The van der Waals surface area contributed by atoms with Gasteiger partial charge in [-0.3, -0.25) is 4.79 Å². The van der Waals surface area contributed by atoms with Crippen molar-refractivity contribution in [2.24, 2.45) is 0 Å². The third-order valence-electron chi connectivity index (χ3n) is 3.52. The molecule has 1 aliphatic heterocycles. The van der Waals surface area contributed by atoms with E-state index in [0.29, 0.717) is 12.2 Å². The molecule has 1 aliphatic rings. The number of carbonyl (C=O) groups excluding carboxylic acids is 1. The molecular weight excluding hydrogens is 210 g/mol. The minimum Gasteiger partial charge on any atom is -0.303 e. The van der Waals surface area contributed by atoms with Crippen molar-refractivity contribution in [1.82, 2.24) is 4.90 Å². The number of likely N-dealkylation sites (tertiary alicyclic amines) is 1. The first kappa shape index (κ1) is 12.3. The molecule has 17 heavy (non-hydrogen) atoms. The van der Waals surface area contributed by atoms with Crippen LogP contribution in [0.5, 0.6) is 0 Å². The molecule has 1 aromatic carbocycles. The SMILES string of the molecule is Cc1ccccc1C(=O)CCCN1CCCC1. The van der Waals surface area contributed by atoms with Crippen molar-refractivity contribution in [1.29, 1.82) is 0 Å². The number of benzene rings is 1. The van der Waals surface area contributed by atoms with Gasteiger partial charge < -0.3 is 4.90 Å². The van der Waals surface area contributed by atoms with Crippen molar-refractivity contribution in [3.63, 3.8) is 0 Å². The average molecular weight is 231 g/mol. The Kier molecular flexibility index (Phi) is 4.32. The fraction of sp³-hybridized carbons (Fsp3) is 0.533. The second kappa shape index (κ2) is 5.97. The van der Waals surface area contributed by atoms with Crippen molar-refractivity contribution in [3.8, 4) is 0 Å². The van der Waals surface area contributed by atoms with Crippen LogP contribution >= 0.6 is 0 Å². The maximum Gasteiger partial charge on any atom is 0.163 e. The Hall–Kier alpha value is -1.15. The number of carbonyl (C=O) groups is 1. The van der Waals surface area contributed by atoms with E-state index in [0.717, 1.165) is 24.1 Å². The summed E-state index contributed by atoms with van der Waals surface area (Å²) in [5.41, 5.74) is 1.99. The average Bonchev–Trinajstić information content (AvgIpc) is 2.82. The molecule has 0 unspecified atom stereocenters. The van der Waals surface area contributed by atoms with Crippen molar-refractivity contribution in [3.05, 3.63) is 35.4 Å². The third-order valence-corrected chi connectivity index (χ3v) is 3.52. The molecule has 2 rings (SSSR count). The molecule has 1 fully saturated rings. The van der Waals surface area contributed by atoms with Crippen LogP contribution in [-0.4, -0.2) is 30.3 Å². The van der Waals surface area contributed by atoms with Crippen molar-refractivity contribution < 1.29 is 4.79 Å². The molecule has 0 radical (unpaired) electrons. The molecule has 1 heterocycles. The van der Waals surface area contributed by atoms with Crippen LogP contribution in [0.3, 0.4) is 0 Å². The lowest BCUT2D eigenvalue weighted by Crippen LogP contribution is -2.21. The zero-order valence-corrected chi connectivity index (χ0v) is 10.6. The summed E-state index contributed by atoms with van der Waals surface area (Å²) in [4.78, 5) is 14.5. The maximum atomic E-state index is 12.0. The minimum absolute atomic E-state index is 0.294. The lowest BCUT2D eigenvalue weighted by atomic mass is 10.0. The maximum absolute atomic E-state index is 12.0. The standard InChI is InChI=1S/C15H21NO/c1-13-7-2-3-8-14(13)15(17)9-6-12-16-10-4-5-11-16/h2-3,7-8H,4-6,9-12H2,1H3. The van der Waals surface area contributed by atoms with E-state index in [4.69, 9.17) is 0 Å². The summed E-state index contributed by atoms with van der Waals surface area (Å²) in [5.74, 6) is 0.294. The Bertz CT molecular complexity index is 380. The van der Waals surface area contributed by atoms with Crippen LogP contribution < -0.4 is 0 Å². The van der Waals surface area contributed by atoms with Gasteiger partial charge in [0.25, 0.3) is 0 Å². The fourth-order valence-electron chi connectivity index (χ4n) is 2.49. The van der Waals surface area contributed by atoms with E-state index in [2.05, 4.69) is 4.90 Å². The summed E-state index contributed by atoms with van der Waals surface area (Å²) in [7, 11) is 0. The van der Waals surface area contributed by atoms with Crippen LogP contribution in [0.15, 0.2) is 24.3 Å². The van der Waals surface area contributed by atoms with Gasteiger partial charge in [0.1, 0.15) is 0 Å².